The van der Waals surface area contributed by atoms with Crippen molar-refractivity contribution in [2.24, 2.45) is 5.41 Å². The van der Waals surface area contributed by atoms with E-state index >= 15 is 0 Å². The molecule has 114 valence electrons. The first-order valence-corrected chi connectivity index (χ1v) is 7.60. The average Bonchev–Trinajstić information content (AvgIpc) is 2.52. The highest BCUT2D eigenvalue weighted by molar-refractivity contribution is 6.09. The summed E-state index contributed by atoms with van der Waals surface area (Å²) in [5.74, 6) is 0.114. The summed E-state index contributed by atoms with van der Waals surface area (Å²) in [6.07, 6.45) is 1.39. The van der Waals surface area contributed by atoms with Crippen LogP contribution in [0.15, 0.2) is 54.6 Å². The third-order valence-electron chi connectivity index (χ3n) is 3.61. The van der Waals surface area contributed by atoms with Crippen LogP contribution < -0.4 is 0 Å². The zero-order chi connectivity index (χ0) is 16.2. The Morgan fingerprint density at radius 3 is 1.82 bits per heavy atom. The second-order valence-corrected chi connectivity index (χ2v) is 6.76. The molecule has 0 saturated heterocycles. The van der Waals surface area contributed by atoms with Crippen molar-refractivity contribution in [1.29, 1.82) is 0 Å². The van der Waals surface area contributed by atoms with E-state index in [1.54, 1.807) is 36.4 Å². The lowest BCUT2D eigenvalue weighted by atomic mass is 9.88. The van der Waals surface area contributed by atoms with E-state index in [2.05, 4.69) is 20.8 Å². The predicted molar refractivity (Wildman–Crippen MR) is 89.3 cm³/mol. The van der Waals surface area contributed by atoms with Crippen molar-refractivity contribution in [3.05, 3.63) is 71.3 Å². The van der Waals surface area contributed by atoms with Gasteiger partial charge < -0.3 is 0 Å². The van der Waals surface area contributed by atoms with Crippen LogP contribution in [0.3, 0.4) is 0 Å². The molecule has 2 aromatic rings. The summed E-state index contributed by atoms with van der Waals surface area (Å²) in [6.45, 7) is 6.38. The first-order valence-electron chi connectivity index (χ1n) is 7.60. The van der Waals surface area contributed by atoms with Crippen molar-refractivity contribution in [1.82, 2.24) is 0 Å². The summed E-state index contributed by atoms with van der Waals surface area (Å²) in [6, 6.07) is 16.1. The van der Waals surface area contributed by atoms with Gasteiger partial charge in [0, 0.05) is 23.1 Å². The topological polar surface area (TPSA) is 34.1 Å². The third-order valence-corrected chi connectivity index (χ3v) is 3.61. The summed E-state index contributed by atoms with van der Waals surface area (Å²) in [5, 5.41) is 0. The minimum atomic E-state index is -0.0192. The van der Waals surface area contributed by atoms with Gasteiger partial charge in [-0.15, -0.1) is 0 Å². The van der Waals surface area contributed by atoms with Crippen LogP contribution in [0.4, 0.5) is 0 Å². The van der Waals surface area contributed by atoms with Gasteiger partial charge in [0.25, 0.3) is 0 Å². The van der Waals surface area contributed by atoms with Crippen LogP contribution in [0.25, 0.3) is 0 Å². The number of hydrogen-bond acceptors (Lipinski definition) is 2. The molecule has 0 radical (unpaired) electrons. The number of hydrogen-bond donors (Lipinski definition) is 0. The van der Waals surface area contributed by atoms with E-state index in [9.17, 15) is 9.59 Å². The first-order chi connectivity index (χ1) is 10.4. The number of ketones is 2. The maximum absolute atomic E-state index is 12.3. The molecular formula is C20H22O2. The molecule has 0 amide bonds. The van der Waals surface area contributed by atoms with Crippen molar-refractivity contribution in [3.63, 3.8) is 0 Å². The van der Waals surface area contributed by atoms with Crippen molar-refractivity contribution >= 4 is 11.6 Å². The Balaban J connectivity index is 2.07. The Morgan fingerprint density at radius 2 is 1.27 bits per heavy atom. The highest BCUT2D eigenvalue weighted by Gasteiger charge is 2.15. The molecule has 0 saturated carbocycles. The quantitative estimate of drug-likeness (QED) is 0.733. The standard InChI is InChI=1S/C20H22O2/c1-20(2,3)14-13-18(21)15-9-11-17(12-10-15)19(22)16-7-5-4-6-8-16/h4-12H,13-14H2,1-3H3. The largest absolute Gasteiger partial charge is 0.294 e. The van der Waals surface area contributed by atoms with Gasteiger partial charge in [0.15, 0.2) is 11.6 Å². The van der Waals surface area contributed by atoms with E-state index in [4.69, 9.17) is 0 Å². The average molecular weight is 294 g/mol. The van der Waals surface area contributed by atoms with E-state index in [0.29, 0.717) is 23.1 Å². The molecule has 0 heterocycles. The Bertz CT molecular complexity index is 646. The van der Waals surface area contributed by atoms with Crippen LogP contribution in [0, 0.1) is 5.41 Å². The fourth-order valence-electron chi connectivity index (χ4n) is 2.20. The molecule has 2 nitrogen and oxygen atoms in total. The van der Waals surface area contributed by atoms with Gasteiger partial charge in [-0.1, -0.05) is 75.4 Å². The van der Waals surface area contributed by atoms with Gasteiger partial charge in [-0.05, 0) is 11.8 Å². The van der Waals surface area contributed by atoms with Crippen molar-refractivity contribution in [2.75, 3.05) is 0 Å². The smallest absolute Gasteiger partial charge is 0.193 e. The molecule has 0 spiro atoms. The van der Waals surface area contributed by atoms with Crippen molar-refractivity contribution in [2.45, 2.75) is 33.6 Å². The lowest BCUT2D eigenvalue weighted by Gasteiger charge is -2.17. The van der Waals surface area contributed by atoms with Gasteiger partial charge in [-0.25, -0.2) is 0 Å². The monoisotopic (exact) mass is 294 g/mol. The Labute approximate surface area is 132 Å². The van der Waals surface area contributed by atoms with E-state index in [1.165, 1.54) is 0 Å². The summed E-state index contributed by atoms with van der Waals surface area (Å²) < 4.78 is 0. The molecule has 0 fully saturated rings. The molecule has 0 unspecified atom stereocenters. The van der Waals surface area contributed by atoms with Crippen molar-refractivity contribution < 1.29 is 9.59 Å². The van der Waals surface area contributed by atoms with Gasteiger partial charge in [0.05, 0.1) is 0 Å². The van der Waals surface area contributed by atoms with Crippen molar-refractivity contribution in [3.8, 4) is 0 Å². The molecule has 0 atom stereocenters. The summed E-state index contributed by atoms with van der Waals surface area (Å²) >= 11 is 0. The highest BCUT2D eigenvalue weighted by Crippen LogP contribution is 2.22. The molecule has 2 rings (SSSR count). The zero-order valence-electron chi connectivity index (χ0n) is 13.4. The molecule has 2 aromatic carbocycles. The predicted octanol–water partition coefficient (Wildman–Crippen LogP) is 4.93. The molecular weight excluding hydrogens is 272 g/mol. The summed E-state index contributed by atoms with van der Waals surface area (Å²) in [7, 11) is 0. The van der Waals surface area contributed by atoms with Crippen LogP contribution in [0.5, 0.6) is 0 Å². The minimum absolute atomic E-state index is 0.0192. The molecule has 22 heavy (non-hydrogen) atoms. The van der Waals surface area contributed by atoms with Crippen LogP contribution in [-0.2, 0) is 0 Å². The van der Waals surface area contributed by atoms with E-state index < -0.39 is 0 Å². The number of carbonyl (C=O) groups is 2. The Kier molecular flexibility index (Phi) is 4.92. The highest BCUT2D eigenvalue weighted by atomic mass is 16.1. The van der Waals surface area contributed by atoms with Gasteiger partial charge in [-0.2, -0.15) is 0 Å². The van der Waals surface area contributed by atoms with Gasteiger partial charge in [-0.3, -0.25) is 9.59 Å². The van der Waals surface area contributed by atoms with Gasteiger partial charge in [0.1, 0.15) is 0 Å². The second-order valence-electron chi connectivity index (χ2n) is 6.76. The van der Waals surface area contributed by atoms with Crippen LogP contribution in [0.1, 0.15) is 59.9 Å². The number of rotatable bonds is 5. The SMILES string of the molecule is CC(C)(C)CCC(=O)c1ccc(C(=O)c2ccccc2)cc1. The first kappa shape index (κ1) is 16.2. The second kappa shape index (κ2) is 6.69. The Hall–Kier alpha value is -2.22. The molecule has 0 bridgehead atoms. The number of carbonyl (C=O) groups excluding carboxylic acids is 2. The van der Waals surface area contributed by atoms with Crippen LogP contribution in [0.2, 0.25) is 0 Å². The summed E-state index contributed by atoms with van der Waals surface area (Å²) in [4.78, 5) is 24.5. The van der Waals surface area contributed by atoms with Crippen LogP contribution in [-0.4, -0.2) is 11.6 Å². The molecule has 0 N–H and O–H groups in total. The molecule has 0 aliphatic rings. The van der Waals surface area contributed by atoms with E-state index in [-0.39, 0.29) is 17.0 Å². The molecule has 2 heteroatoms. The lowest BCUT2D eigenvalue weighted by Crippen LogP contribution is -2.09. The zero-order valence-corrected chi connectivity index (χ0v) is 13.4. The molecule has 0 aliphatic heterocycles. The third kappa shape index (κ3) is 4.39. The Morgan fingerprint density at radius 1 is 0.773 bits per heavy atom. The normalized spacial score (nSPS) is 11.2. The lowest BCUT2D eigenvalue weighted by molar-refractivity contribution is 0.0964. The van der Waals surface area contributed by atoms with E-state index in [0.717, 1.165) is 6.42 Å². The maximum atomic E-state index is 12.3. The number of benzene rings is 2. The molecule has 0 aromatic heterocycles. The maximum Gasteiger partial charge on any atom is 0.193 e. The summed E-state index contributed by atoms with van der Waals surface area (Å²) in [5.41, 5.74) is 2.10. The minimum Gasteiger partial charge on any atom is -0.294 e. The van der Waals surface area contributed by atoms with E-state index in [1.807, 2.05) is 18.2 Å². The van der Waals surface area contributed by atoms with Gasteiger partial charge in [0.2, 0.25) is 0 Å². The number of Topliss-reactive ketones (excluding diaryl/α,β-unsaturated/α-hetero) is 1. The molecule has 0 aliphatic carbocycles. The fraction of sp³-hybridized carbons (Fsp3) is 0.300. The fourth-order valence-corrected chi connectivity index (χ4v) is 2.20. The van der Waals surface area contributed by atoms with Crippen LogP contribution >= 0.6 is 0 Å². The van der Waals surface area contributed by atoms with Gasteiger partial charge >= 0.3 is 0 Å².